The number of carbonyl (C=O) groups is 5. The first-order valence-electron chi connectivity index (χ1n) is 51.3. The molecule has 4 aliphatic heterocycles. The van der Waals surface area contributed by atoms with E-state index < -0.39 is 47.2 Å². The Bertz CT molecular complexity index is 6500. The summed E-state index contributed by atoms with van der Waals surface area (Å²) in [4.78, 5) is 86.6. The van der Waals surface area contributed by atoms with E-state index in [1.807, 2.05) is 239 Å². The molecule has 0 spiro atoms. The van der Waals surface area contributed by atoms with E-state index >= 15 is 0 Å². The van der Waals surface area contributed by atoms with Crippen LogP contribution in [0.3, 0.4) is 0 Å². The molecule has 147 heavy (non-hydrogen) atoms. The number of β-amino-alcohol motifs (C(OH)–C–C–N with tert-alkyl or cyclic N) is 2. The van der Waals surface area contributed by atoms with E-state index in [-0.39, 0.29) is 92.2 Å². The number of carbonyl (C=O) groups excluding carboxylic acids is 5. The Labute approximate surface area is 882 Å². The Morgan fingerprint density at radius 3 is 1.25 bits per heavy atom. The molecule has 4 aliphatic rings. The van der Waals surface area contributed by atoms with E-state index in [2.05, 4.69) is 94.9 Å². The molecular weight excluding hydrogens is 1930 g/mol. The first-order valence-corrected chi connectivity index (χ1v) is 53.9. The molecule has 8 heterocycles. The van der Waals surface area contributed by atoms with Gasteiger partial charge in [0.25, 0.3) is 0 Å². The summed E-state index contributed by atoms with van der Waals surface area (Å²) in [5.41, 5.74) is 23.5. The number of aliphatic hydroxyl groups excluding tert-OH is 2. The lowest BCUT2D eigenvalue weighted by atomic mass is 9.85. The first-order chi connectivity index (χ1) is 70.4. The number of aromatic hydroxyl groups is 2. The van der Waals surface area contributed by atoms with Gasteiger partial charge in [-0.1, -0.05) is 162 Å². The van der Waals surface area contributed by atoms with Gasteiger partial charge in [0.15, 0.2) is 0 Å². The van der Waals surface area contributed by atoms with E-state index in [0.29, 0.717) is 75.6 Å². The average molecular weight is 2080 g/mol. The highest BCUT2D eigenvalue weighted by molar-refractivity contribution is 7.13. The van der Waals surface area contributed by atoms with Crippen LogP contribution in [0.15, 0.2) is 181 Å². The number of phenolic OH excluding ortho intramolecular Hbond substituents is 2. The summed E-state index contributed by atoms with van der Waals surface area (Å²) < 4.78 is 28.4. The fourth-order valence-corrected chi connectivity index (χ4v) is 22.1. The van der Waals surface area contributed by atoms with Gasteiger partial charge < -0.3 is 80.2 Å². The zero-order valence-corrected chi connectivity index (χ0v) is 90.2. The molecule has 31 heteroatoms. The normalized spacial score (nSPS) is 16.8. The van der Waals surface area contributed by atoms with Gasteiger partial charge in [-0.05, 0) is 237 Å². The number of hydrogen-bond donors (Lipinski definition) is 8. The van der Waals surface area contributed by atoms with E-state index in [4.69, 9.17) is 42.1 Å². The van der Waals surface area contributed by atoms with E-state index in [9.17, 15) is 44.4 Å². The number of hydrogen-bond acceptors (Lipinski definition) is 22. The van der Waals surface area contributed by atoms with Gasteiger partial charge in [-0.15, -0.1) is 22.7 Å². The highest BCUT2D eigenvalue weighted by atomic mass is 35.5. The maximum absolute atomic E-state index is 14.1. The second-order valence-electron chi connectivity index (χ2n) is 41.6. The third kappa shape index (κ3) is 28.5. The minimum absolute atomic E-state index is 0.00289. The topological polar surface area (TPSA) is 326 Å². The molecule has 0 unspecified atom stereocenters. The number of rotatable bonds is 39. The lowest BCUT2D eigenvalue weighted by molar-refractivity contribution is -0.142. The molecule has 4 fully saturated rings. The van der Waals surface area contributed by atoms with Crippen LogP contribution in [0.1, 0.15) is 160 Å². The Kier molecular flexibility index (Phi) is 37.3. The summed E-state index contributed by atoms with van der Waals surface area (Å²) in [5, 5.41) is 68.0. The van der Waals surface area contributed by atoms with Crippen molar-refractivity contribution in [3.05, 3.63) is 258 Å². The van der Waals surface area contributed by atoms with Crippen LogP contribution in [-0.4, -0.2) is 233 Å². The van der Waals surface area contributed by atoms with Crippen molar-refractivity contribution in [1.82, 2.24) is 70.4 Å². The van der Waals surface area contributed by atoms with Gasteiger partial charge in [-0.2, -0.15) is 10.2 Å². The Morgan fingerprint density at radius 1 is 0.476 bits per heavy atom. The number of amides is 5. The highest BCUT2D eigenvalue weighted by Crippen LogP contribution is 2.46. The van der Waals surface area contributed by atoms with Crippen LogP contribution < -0.4 is 30.7 Å². The maximum Gasteiger partial charge on any atom is 0.243 e. The second kappa shape index (κ2) is 50.1. The van der Waals surface area contributed by atoms with Gasteiger partial charge in [0, 0.05) is 151 Å². The van der Waals surface area contributed by atoms with Crippen molar-refractivity contribution in [1.29, 1.82) is 0 Å². The molecule has 16 rings (SSSR count). The third-order valence-corrected chi connectivity index (χ3v) is 31.2. The number of aliphatic hydroxyl groups is 2. The van der Waals surface area contributed by atoms with Crippen molar-refractivity contribution in [3.8, 4) is 88.6 Å². The van der Waals surface area contributed by atoms with Gasteiger partial charge in [0.05, 0.1) is 105 Å². The second-order valence-corrected chi connectivity index (χ2v) is 44.2. The van der Waals surface area contributed by atoms with Gasteiger partial charge >= 0.3 is 0 Å². The van der Waals surface area contributed by atoms with Crippen LogP contribution in [0.5, 0.6) is 23.0 Å². The molecule has 0 aliphatic carbocycles. The summed E-state index contributed by atoms with van der Waals surface area (Å²) >= 11 is 16.0. The van der Waals surface area contributed by atoms with Crippen LogP contribution in [-0.2, 0) is 86.3 Å². The molecule has 8 aromatic carbocycles. The first kappa shape index (κ1) is 109. The molecule has 6 atom stereocenters. The standard InChI is InChI=1S/C58H70ClN7O7S.C58H72ClN7O6S/c1-36-30-43(17-21-48(36)59)52-41(16-20-47(53(52)69)49-31-37(2)63-64(49)7)13-8-39-11-18-45(19-12-39)73-46-22-26-65(27-23-46)51(68)24-28-72-29-25-60-55(58(4,5)6)57(71)66-34-44(67)32-50(66)56(70)61-33-40-9-14-42(15-10-40)54-38(3)62-35-74-54;1-37-31-44(18-22-49(37)59)52-42(17-21-48(53(52)68)50-32-38(2)63-64(50)7)14-9-40-12-19-46(20-13-40)72-47-23-27-65(28-24-47)26-8-29-71-30-25-60-55(58(4,5)6)57(70)66-35-45(67)33-51(66)56(69)61-34-41-10-15-43(16-11-41)54-39(3)62-36-73-54/h9-12,14-21,30-31,35,44,46,50,55,60,67,69H,8,13,22-29,32-34H2,1-7H3,(H,61,70);10-13,15-22,31-32,36,45,47,51,55,60,67-68H,8-9,14,23-30,33-35H2,1-7H3,(H,61,69)/t44-,50+,55-;45-,51+,55-/m11/s1. The Morgan fingerprint density at radius 2 is 0.871 bits per heavy atom. The van der Waals surface area contributed by atoms with Gasteiger partial charge in [-0.25, -0.2) is 9.97 Å². The number of piperidine rings is 2. The fraction of sp³-hybridized carbons (Fsp3) is 0.440. The number of ether oxygens (including phenoxy) is 4. The SMILES string of the molecule is Cc1cc(-c2ccc(CCc3ccc(OC4CCN(C(=O)CCOCCN[C@H](C(=O)N5C[C@H](O)C[C@H]5C(=O)NCc5ccc(-c6scnc6C)cc5)C(C)(C)C)CC4)cc3)c(-c3ccc(Cl)c(C)c3)c2O)n(C)n1.Cc1cc(-c2ccc(CCc3ccc(OC4CCN(CCCOCCN[C@H](C(=O)N5C[C@H](O)C[C@H]5C(=O)NCc5ccc(-c6scnc6C)cc5)C(C)(C)C)CC4)cc3)c(-c3ccc(Cl)c(C)c3)c2O)n(C)n1. The summed E-state index contributed by atoms with van der Waals surface area (Å²) in [5.74, 6) is 1.17. The number of nitrogens with zero attached hydrogens (tertiary/aromatic N) is 10. The van der Waals surface area contributed by atoms with E-state index in [1.54, 1.807) is 32.3 Å². The van der Waals surface area contributed by atoms with Crippen LogP contribution >= 0.6 is 45.9 Å². The van der Waals surface area contributed by atoms with Crippen LogP contribution in [0, 0.1) is 52.4 Å². The number of aryl methyl sites for hydroxylation is 12. The number of nitrogens with one attached hydrogen (secondary N) is 4. The van der Waals surface area contributed by atoms with Gasteiger partial charge in [0.1, 0.15) is 47.3 Å². The summed E-state index contributed by atoms with van der Waals surface area (Å²) in [6, 6.07) is 53.9. The molecule has 5 amide bonds. The zero-order chi connectivity index (χ0) is 104. The Balaban J connectivity index is 0.000000220. The highest BCUT2D eigenvalue weighted by Gasteiger charge is 2.46. The molecule has 12 aromatic rings. The largest absolute Gasteiger partial charge is 0.507 e. The monoisotopic (exact) mass is 2070 g/mol. The van der Waals surface area contributed by atoms with E-state index in [0.717, 1.165) is 210 Å². The van der Waals surface area contributed by atoms with Gasteiger partial charge in [-0.3, -0.25) is 33.3 Å². The van der Waals surface area contributed by atoms with Crippen LogP contribution in [0.2, 0.25) is 10.0 Å². The number of likely N-dealkylation sites (tertiary alicyclic amines) is 4. The summed E-state index contributed by atoms with van der Waals surface area (Å²) in [6.45, 7) is 31.1. The molecule has 8 N–H and O–H groups in total. The van der Waals surface area contributed by atoms with Crippen molar-refractivity contribution in [2.75, 3.05) is 85.3 Å². The fourth-order valence-electron chi connectivity index (χ4n) is 20.2. The lowest BCUT2D eigenvalue weighted by Gasteiger charge is -2.35. The molecule has 4 saturated heterocycles. The third-order valence-electron chi connectivity index (χ3n) is 28.4. The molecule has 27 nitrogen and oxygen atoms in total. The minimum Gasteiger partial charge on any atom is -0.507 e. The smallest absolute Gasteiger partial charge is 0.243 e. The molecule has 4 aromatic heterocycles. The van der Waals surface area contributed by atoms with E-state index in [1.165, 1.54) is 10.5 Å². The van der Waals surface area contributed by atoms with Crippen molar-refractivity contribution in [3.63, 3.8) is 0 Å². The van der Waals surface area contributed by atoms with Crippen molar-refractivity contribution >= 4 is 75.4 Å². The average Bonchev–Trinajstić information content (AvgIpc) is 1.62. The predicted octanol–water partition coefficient (Wildman–Crippen LogP) is 18.5. The maximum atomic E-state index is 14.1. The molecular formula is C116H142Cl2N14O13S2. The molecule has 0 radical (unpaired) electrons. The predicted molar refractivity (Wildman–Crippen MR) is 582 cm³/mol. The summed E-state index contributed by atoms with van der Waals surface area (Å²) in [6.07, 6.45) is 6.51. The summed E-state index contributed by atoms with van der Waals surface area (Å²) in [7, 11) is 3.78. The van der Waals surface area contributed by atoms with Crippen molar-refractivity contribution < 1.29 is 63.3 Å². The van der Waals surface area contributed by atoms with Gasteiger partial charge in [0.2, 0.25) is 29.5 Å². The number of benzene rings is 8. The molecule has 780 valence electrons. The number of aromatic nitrogens is 6. The van der Waals surface area contributed by atoms with Crippen molar-refractivity contribution in [2.24, 2.45) is 24.9 Å². The minimum atomic E-state index is -0.801. The number of thiazole rings is 2. The quantitative estimate of drug-likeness (QED) is 0.0166. The number of halogens is 2. The van der Waals surface area contributed by atoms with Crippen molar-refractivity contribution in [2.45, 2.75) is 222 Å². The van der Waals surface area contributed by atoms with Crippen LogP contribution in [0.25, 0.3) is 65.6 Å². The Hall–Kier alpha value is -11.7. The molecule has 0 bridgehead atoms. The lowest BCUT2D eigenvalue weighted by Crippen LogP contribution is -2.57. The van der Waals surface area contributed by atoms with Crippen LogP contribution in [0.4, 0.5) is 0 Å². The number of phenols is 2. The molecule has 0 saturated carbocycles. The zero-order valence-electron chi connectivity index (χ0n) is 87.0.